The largest absolute Gasteiger partial charge is 0.324 e. The first kappa shape index (κ1) is 14.8. The van der Waals surface area contributed by atoms with Gasteiger partial charge in [0.2, 0.25) is 0 Å². The van der Waals surface area contributed by atoms with Crippen molar-refractivity contribution in [3.8, 4) is 0 Å². The van der Waals surface area contributed by atoms with Crippen molar-refractivity contribution < 1.29 is 4.39 Å². The fourth-order valence-electron chi connectivity index (χ4n) is 1.84. The number of hydrogen-bond acceptors (Lipinski definition) is 1. The van der Waals surface area contributed by atoms with Gasteiger partial charge < -0.3 is 5.73 Å². The van der Waals surface area contributed by atoms with E-state index in [0.717, 1.165) is 10.0 Å². The number of rotatable bonds is 3. The lowest BCUT2D eigenvalue weighted by Gasteiger charge is -2.14. The molecule has 1 nitrogen and oxygen atoms in total. The Hall–Kier alpha value is -0.610. The molecule has 100 valence electrons. The van der Waals surface area contributed by atoms with Crippen molar-refractivity contribution in [1.29, 1.82) is 0 Å². The van der Waals surface area contributed by atoms with Crippen molar-refractivity contribution in [3.05, 3.63) is 67.9 Å². The molecule has 0 fully saturated rings. The fourth-order valence-corrected chi connectivity index (χ4v) is 2.92. The van der Waals surface area contributed by atoms with Crippen LogP contribution in [0.15, 0.2) is 40.9 Å². The molecule has 2 N–H and O–H groups in total. The second kappa shape index (κ2) is 6.23. The molecule has 0 aromatic heterocycles. The minimum Gasteiger partial charge on any atom is -0.324 e. The maximum absolute atomic E-state index is 13.2. The summed E-state index contributed by atoms with van der Waals surface area (Å²) < 4.78 is 14.1. The molecule has 0 bridgehead atoms. The van der Waals surface area contributed by atoms with Crippen molar-refractivity contribution >= 4 is 39.1 Å². The fraction of sp³-hybridized carbons (Fsp3) is 0.143. The molecule has 2 aromatic rings. The SMILES string of the molecule is NC(Cc1cc(F)ccc1Cl)c1cc(Cl)cc(Br)c1. The summed E-state index contributed by atoms with van der Waals surface area (Å²) in [6, 6.07) is 9.44. The zero-order chi connectivity index (χ0) is 14.0. The maximum atomic E-state index is 13.2. The summed E-state index contributed by atoms with van der Waals surface area (Å²) in [6.07, 6.45) is 0.448. The Morgan fingerprint density at radius 2 is 1.89 bits per heavy atom. The molecule has 1 atom stereocenters. The lowest BCUT2D eigenvalue weighted by atomic mass is 9.99. The third-order valence-corrected chi connectivity index (χ3v) is 3.81. The van der Waals surface area contributed by atoms with Gasteiger partial charge in [-0.3, -0.25) is 0 Å². The van der Waals surface area contributed by atoms with E-state index in [-0.39, 0.29) is 11.9 Å². The van der Waals surface area contributed by atoms with Crippen molar-refractivity contribution in [3.63, 3.8) is 0 Å². The van der Waals surface area contributed by atoms with Gasteiger partial charge in [-0.1, -0.05) is 39.1 Å². The third kappa shape index (κ3) is 3.93. The number of benzene rings is 2. The molecule has 0 aliphatic carbocycles. The van der Waals surface area contributed by atoms with Crippen LogP contribution in [0.4, 0.5) is 4.39 Å². The van der Waals surface area contributed by atoms with Crippen LogP contribution in [0.1, 0.15) is 17.2 Å². The molecule has 19 heavy (non-hydrogen) atoms. The average molecular weight is 363 g/mol. The smallest absolute Gasteiger partial charge is 0.123 e. The second-order valence-corrected chi connectivity index (χ2v) is 6.01. The molecule has 0 amide bonds. The Bertz CT molecular complexity index is 584. The molecule has 2 rings (SSSR count). The van der Waals surface area contributed by atoms with Crippen LogP contribution in [0.2, 0.25) is 10.0 Å². The van der Waals surface area contributed by atoms with Crippen LogP contribution >= 0.6 is 39.1 Å². The van der Waals surface area contributed by atoms with Crippen LogP contribution < -0.4 is 5.73 Å². The van der Waals surface area contributed by atoms with Crippen LogP contribution in [0.5, 0.6) is 0 Å². The van der Waals surface area contributed by atoms with Gasteiger partial charge in [0.1, 0.15) is 5.82 Å². The van der Waals surface area contributed by atoms with E-state index in [2.05, 4.69) is 15.9 Å². The van der Waals surface area contributed by atoms with E-state index in [0.29, 0.717) is 22.0 Å². The first-order chi connectivity index (χ1) is 8.95. The molecule has 0 aliphatic heterocycles. The Balaban J connectivity index is 2.25. The van der Waals surface area contributed by atoms with Crippen molar-refractivity contribution in [2.75, 3.05) is 0 Å². The second-order valence-electron chi connectivity index (χ2n) is 4.25. The number of hydrogen-bond donors (Lipinski definition) is 1. The Kier molecular flexibility index (Phi) is 4.85. The zero-order valence-corrected chi connectivity index (χ0v) is 12.9. The lowest BCUT2D eigenvalue weighted by molar-refractivity contribution is 0.622. The van der Waals surface area contributed by atoms with Gasteiger partial charge in [0, 0.05) is 20.6 Å². The number of nitrogens with two attached hydrogens (primary N) is 1. The molecule has 5 heteroatoms. The summed E-state index contributed by atoms with van der Waals surface area (Å²) in [4.78, 5) is 0. The van der Waals surface area contributed by atoms with E-state index in [1.54, 1.807) is 12.1 Å². The van der Waals surface area contributed by atoms with E-state index in [4.69, 9.17) is 28.9 Å². The van der Waals surface area contributed by atoms with Gasteiger partial charge in [0.05, 0.1) is 0 Å². The summed E-state index contributed by atoms with van der Waals surface area (Å²) in [5.41, 5.74) is 7.68. The Morgan fingerprint density at radius 1 is 1.16 bits per heavy atom. The van der Waals surface area contributed by atoms with Crippen molar-refractivity contribution in [1.82, 2.24) is 0 Å². The quantitative estimate of drug-likeness (QED) is 0.803. The monoisotopic (exact) mass is 361 g/mol. The normalized spacial score (nSPS) is 12.5. The molecule has 0 spiro atoms. The highest BCUT2D eigenvalue weighted by Gasteiger charge is 2.12. The standard InChI is InChI=1S/C14H11BrCl2FN/c15-10-3-9(4-11(16)7-10)14(19)6-8-5-12(18)1-2-13(8)17/h1-5,7,14H,6,19H2. The summed E-state index contributed by atoms with van der Waals surface area (Å²) >= 11 is 15.4. The predicted molar refractivity (Wildman–Crippen MR) is 81.2 cm³/mol. The molecular formula is C14H11BrCl2FN. The van der Waals surface area contributed by atoms with Crippen LogP contribution in [-0.4, -0.2) is 0 Å². The van der Waals surface area contributed by atoms with Crippen LogP contribution in [-0.2, 0) is 6.42 Å². The van der Waals surface area contributed by atoms with Gasteiger partial charge in [0.25, 0.3) is 0 Å². The molecule has 0 saturated carbocycles. The van der Waals surface area contributed by atoms with Gasteiger partial charge in [-0.05, 0) is 53.9 Å². The summed E-state index contributed by atoms with van der Waals surface area (Å²) in [6.45, 7) is 0. The van der Waals surface area contributed by atoms with Crippen LogP contribution in [0, 0.1) is 5.82 Å². The molecule has 0 saturated heterocycles. The van der Waals surface area contributed by atoms with Gasteiger partial charge in [-0.2, -0.15) is 0 Å². The molecule has 0 heterocycles. The summed E-state index contributed by atoms with van der Waals surface area (Å²) in [5, 5.41) is 1.11. The minimum absolute atomic E-state index is 0.297. The van der Waals surface area contributed by atoms with E-state index in [1.807, 2.05) is 6.07 Å². The van der Waals surface area contributed by atoms with Gasteiger partial charge in [-0.25, -0.2) is 4.39 Å². The van der Waals surface area contributed by atoms with Gasteiger partial charge >= 0.3 is 0 Å². The molecule has 2 aromatic carbocycles. The average Bonchev–Trinajstić information content (AvgIpc) is 2.32. The third-order valence-electron chi connectivity index (χ3n) is 2.76. The Labute approximate surface area is 129 Å². The van der Waals surface area contributed by atoms with Gasteiger partial charge in [-0.15, -0.1) is 0 Å². The highest BCUT2D eigenvalue weighted by atomic mass is 79.9. The Morgan fingerprint density at radius 3 is 2.58 bits per heavy atom. The van der Waals surface area contributed by atoms with Gasteiger partial charge in [0.15, 0.2) is 0 Å². The maximum Gasteiger partial charge on any atom is 0.123 e. The lowest BCUT2D eigenvalue weighted by Crippen LogP contribution is -2.13. The van der Waals surface area contributed by atoms with Crippen molar-refractivity contribution in [2.24, 2.45) is 5.73 Å². The predicted octanol–water partition coefficient (Wildman–Crippen LogP) is 5.14. The first-order valence-electron chi connectivity index (χ1n) is 5.61. The minimum atomic E-state index is -0.320. The highest BCUT2D eigenvalue weighted by Crippen LogP contribution is 2.27. The van der Waals surface area contributed by atoms with E-state index >= 15 is 0 Å². The summed E-state index contributed by atoms with van der Waals surface area (Å²) in [7, 11) is 0. The zero-order valence-electron chi connectivity index (χ0n) is 9.84. The van der Waals surface area contributed by atoms with E-state index < -0.39 is 0 Å². The first-order valence-corrected chi connectivity index (χ1v) is 7.16. The molecule has 1 unspecified atom stereocenters. The van der Waals surface area contributed by atoms with Crippen LogP contribution in [0.25, 0.3) is 0 Å². The topological polar surface area (TPSA) is 26.0 Å². The van der Waals surface area contributed by atoms with Crippen LogP contribution in [0.3, 0.4) is 0 Å². The van der Waals surface area contributed by atoms with E-state index in [1.165, 1.54) is 18.2 Å². The molecule has 0 radical (unpaired) electrons. The van der Waals surface area contributed by atoms with E-state index in [9.17, 15) is 4.39 Å². The van der Waals surface area contributed by atoms with Crippen molar-refractivity contribution in [2.45, 2.75) is 12.5 Å². The molecular weight excluding hydrogens is 352 g/mol. The number of halogens is 4. The molecule has 0 aliphatic rings. The summed E-state index contributed by atoms with van der Waals surface area (Å²) in [5.74, 6) is -0.320. The highest BCUT2D eigenvalue weighted by molar-refractivity contribution is 9.10.